The number of aryl methyl sites for hydroxylation is 3. The number of rotatable bonds is 5. The van der Waals surface area contributed by atoms with Crippen molar-refractivity contribution < 1.29 is 4.74 Å². The van der Waals surface area contributed by atoms with Crippen LogP contribution >= 0.6 is 11.6 Å². The van der Waals surface area contributed by atoms with Gasteiger partial charge in [0.1, 0.15) is 11.6 Å². The van der Waals surface area contributed by atoms with E-state index in [-0.39, 0.29) is 0 Å². The van der Waals surface area contributed by atoms with Gasteiger partial charge < -0.3 is 9.30 Å². The second-order valence-corrected chi connectivity index (χ2v) is 5.21. The number of hydrogen-bond acceptors (Lipinski definition) is 3. The third-order valence-corrected chi connectivity index (χ3v) is 3.78. The molecule has 110 valence electrons. The largest absolute Gasteiger partial charge is 0.497 e. The number of fused-ring (bicyclic) bond motifs is 1. The van der Waals surface area contributed by atoms with Gasteiger partial charge in [-0.3, -0.25) is 4.68 Å². The highest BCUT2D eigenvalue weighted by Crippen LogP contribution is 2.23. The molecule has 3 aromatic rings. The van der Waals surface area contributed by atoms with E-state index in [1.54, 1.807) is 7.11 Å². The summed E-state index contributed by atoms with van der Waals surface area (Å²) in [6.45, 7) is 0.817. The van der Waals surface area contributed by atoms with E-state index >= 15 is 0 Å². The summed E-state index contributed by atoms with van der Waals surface area (Å²) < 4.78 is 9.26. The highest BCUT2D eigenvalue weighted by Gasteiger charge is 2.11. The van der Waals surface area contributed by atoms with Crippen LogP contribution in [0.2, 0.25) is 0 Å². The first kappa shape index (κ1) is 13.9. The van der Waals surface area contributed by atoms with Crippen LogP contribution in [0.15, 0.2) is 30.6 Å². The van der Waals surface area contributed by atoms with E-state index in [0.717, 1.165) is 35.6 Å². The summed E-state index contributed by atoms with van der Waals surface area (Å²) in [5, 5.41) is 4.19. The number of methoxy groups -OCH3 is 1. The first-order chi connectivity index (χ1) is 10.2. The van der Waals surface area contributed by atoms with E-state index in [2.05, 4.69) is 14.6 Å². The van der Waals surface area contributed by atoms with Gasteiger partial charge in [0.2, 0.25) is 0 Å². The minimum Gasteiger partial charge on any atom is -0.497 e. The summed E-state index contributed by atoms with van der Waals surface area (Å²) in [4.78, 5) is 4.58. The van der Waals surface area contributed by atoms with Crippen molar-refractivity contribution in [3.05, 3.63) is 42.0 Å². The van der Waals surface area contributed by atoms with E-state index in [1.807, 2.05) is 42.3 Å². The molecule has 0 saturated carbocycles. The molecule has 0 aliphatic rings. The minimum absolute atomic E-state index is 0.393. The first-order valence-corrected chi connectivity index (χ1v) is 7.31. The molecule has 2 heterocycles. The summed E-state index contributed by atoms with van der Waals surface area (Å²) in [5.41, 5.74) is 3.19. The normalized spacial score (nSPS) is 11.2. The molecule has 1 aromatic carbocycles. The van der Waals surface area contributed by atoms with Crippen LogP contribution < -0.4 is 4.74 Å². The number of imidazole rings is 1. The van der Waals surface area contributed by atoms with Crippen molar-refractivity contribution in [2.75, 3.05) is 7.11 Å². The molecule has 0 amide bonds. The Labute approximate surface area is 128 Å². The molecule has 2 aromatic heterocycles. The lowest BCUT2D eigenvalue weighted by atomic mass is 10.2. The van der Waals surface area contributed by atoms with Gasteiger partial charge in [0.05, 0.1) is 30.2 Å². The Kier molecular flexibility index (Phi) is 3.84. The van der Waals surface area contributed by atoms with Gasteiger partial charge in [-0.25, -0.2) is 4.98 Å². The lowest BCUT2D eigenvalue weighted by molar-refractivity contribution is 0.415. The SMILES string of the molecule is COc1ccc2nc(CCl)n(CCc3cnn(C)c3)c2c1. The third-order valence-electron chi connectivity index (χ3n) is 3.54. The van der Waals surface area contributed by atoms with Crippen LogP contribution in [0.25, 0.3) is 11.0 Å². The summed E-state index contributed by atoms with van der Waals surface area (Å²) in [7, 11) is 3.59. The fourth-order valence-corrected chi connectivity index (χ4v) is 2.68. The molecule has 3 rings (SSSR count). The highest BCUT2D eigenvalue weighted by molar-refractivity contribution is 6.16. The maximum absolute atomic E-state index is 6.03. The van der Waals surface area contributed by atoms with Crippen LogP contribution in [-0.2, 0) is 25.9 Å². The van der Waals surface area contributed by atoms with Gasteiger partial charge in [-0.15, -0.1) is 11.6 Å². The standard InChI is InChI=1S/C15H17ClN4O/c1-19-10-11(9-17-19)5-6-20-14-7-12(21-2)3-4-13(14)18-15(20)8-16/h3-4,7,9-10H,5-6,8H2,1-2H3. The molecule has 6 heteroatoms. The zero-order chi connectivity index (χ0) is 14.8. The molecular weight excluding hydrogens is 288 g/mol. The molecule has 0 unspecified atom stereocenters. The van der Waals surface area contributed by atoms with E-state index < -0.39 is 0 Å². The average Bonchev–Trinajstić information content (AvgIpc) is 3.07. The van der Waals surface area contributed by atoms with Crippen molar-refractivity contribution in [3.8, 4) is 5.75 Å². The maximum atomic E-state index is 6.03. The predicted molar refractivity (Wildman–Crippen MR) is 82.8 cm³/mol. The molecule has 0 spiro atoms. The third kappa shape index (κ3) is 2.74. The van der Waals surface area contributed by atoms with Crippen molar-refractivity contribution in [2.24, 2.45) is 7.05 Å². The van der Waals surface area contributed by atoms with Crippen molar-refractivity contribution in [1.29, 1.82) is 0 Å². The van der Waals surface area contributed by atoms with Crippen LogP contribution in [0.3, 0.4) is 0 Å². The van der Waals surface area contributed by atoms with Gasteiger partial charge >= 0.3 is 0 Å². The fourth-order valence-electron chi connectivity index (χ4n) is 2.47. The number of hydrogen-bond donors (Lipinski definition) is 0. The Morgan fingerprint density at radius 1 is 1.33 bits per heavy atom. The molecule has 0 bridgehead atoms. The van der Waals surface area contributed by atoms with E-state index in [1.165, 1.54) is 5.56 Å². The predicted octanol–water partition coefficient (Wildman–Crippen LogP) is 2.76. The zero-order valence-corrected chi connectivity index (χ0v) is 12.8. The molecule has 0 saturated heterocycles. The molecule has 0 atom stereocenters. The summed E-state index contributed by atoms with van der Waals surface area (Å²) >= 11 is 6.03. The van der Waals surface area contributed by atoms with Gasteiger partial charge in [-0.05, 0) is 24.1 Å². The van der Waals surface area contributed by atoms with Crippen LogP contribution in [0.4, 0.5) is 0 Å². The number of halogens is 1. The Hall–Kier alpha value is -2.01. The molecule has 0 fully saturated rings. The van der Waals surface area contributed by atoms with Gasteiger partial charge in [-0.2, -0.15) is 5.10 Å². The Bertz CT molecular complexity index is 762. The van der Waals surface area contributed by atoms with Crippen LogP contribution in [-0.4, -0.2) is 26.4 Å². The second kappa shape index (κ2) is 5.77. The molecule has 0 radical (unpaired) electrons. The van der Waals surface area contributed by atoms with E-state index in [9.17, 15) is 0 Å². The Morgan fingerprint density at radius 2 is 2.19 bits per heavy atom. The average molecular weight is 305 g/mol. The monoisotopic (exact) mass is 304 g/mol. The van der Waals surface area contributed by atoms with Gasteiger partial charge in [0.15, 0.2) is 0 Å². The number of aromatic nitrogens is 4. The van der Waals surface area contributed by atoms with Gasteiger partial charge in [0.25, 0.3) is 0 Å². The summed E-state index contributed by atoms with van der Waals surface area (Å²) in [6, 6.07) is 5.88. The van der Waals surface area contributed by atoms with E-state index in [4.69, 9.17) is 16.3 Å². The van der Waals surface area contributed by atoms with E-state index in [0.29, 0.717) is 5.88 Å². The van der Waals surface area contributed by atoms with Crippen LogP contribution in [0.5, 0.6) is 5.75 Å². The minimum atomic E-state index is 0.393. The number of benzene rings is 1. The summed E-state index contributed by atoms with van der Waals surface area (Å²) in [5.74, 6) is 2.10. The van der Waals surface area contributed by atoms with Crippen LogP contribution in [0.1, 0.15) is 11.4 Å². The topological polar surface area (TPSA) is 44.9 Å². The molecule has 5 nitrogen and oxygen atoms in total. The van der Waals surface area contributed by atoms with Crippen molar-refractivity contribution >= 4 is 22.6 Å². The zero-order valence-electron chi connectivity index (χ0n) is 12.1. The molecular formula is C15H17ClN4O. The molecule has 0 N–H and O–H groups in total. The lowest BCUT2D eigenvalue weighted by Gasteiger charge is -2.07. The Balaban J connectivity index is 1.94. The Morgan fingerprint density at radius 3 is 2.86 bits per heavy atom. The first-order valence-electron chi connectivity index (χ1n) is 6.78. The quantitative estimate of drug-likeness (QED) is 0.681. The lowest BCUT2D eigenvalue weighted by Crippen LogP contribution is -2.05. The molecule has 21 heavy (non-hydrogen) atoms. The molecule has 0 aliphatic carbocycles. The number of alkyl halides is 1. The summed E-state index contributed by atoms with van der Waals surface area (Å²) in [6.07, 6.45) is 4.81. The maximum Gasteiger partial charge on any atom is 0.124 e. The van der Waals surface area contributed by atoms with Crippen molar-refractivity contribution in [3.63, 3.8) is 0 Å². The second-order valence-electron chi connectivity index (χ2n) is 4.94. The fraction of sp³-hybridized carbons (Fsp3) is 0.333. The number of nitrogens with zero attached hydrogens (tertiary/aromatic N) is 4. The highest BCUT2D eigenvalue weighted by atomic mass is 35.5. The van der Waals surface area contributed by atoms with Crippen molar-refractivity contribution in [1.82, 2.24) is 19.3 Å². The van der Waals surface area contributed by atoms with Crippen molar-refractivity contribution in [2.45, 2.75) is 18.8 Å². The number of ether oxygens (including phenoxy) is 1. The van der Waals surface area contributed by atoms with Crippen LogP contribution in [0, 0.1) is 0 Å². The smallest absolute Gasteiger partial charge is 0.124 e. The van der Waals surface area contributed by atoms with Gasteiger partial charge in [-0.1, -0.05) is 0 Å². The van der Waals surface area contributed by atoms with Gasteiger partial charge in [0, 0.05) is 25.9 Å². The molecule has 0 aliphatic heterocycles.